The first-order chi connectivity index (χ1) is 29.1. The number of nitrogens with zero attached hydrogens (tertiary/aromatic N) is 3. The predicted octanol–water partition coefficient (Wildman–Crippen LogP) is 10.3. The highest BCUT2D eigenvalue weighted by molar-refractivity contribution is 7.98. The van der Waals surface area contributed by atoms with Crippen molar-refractivity contribution in [2.45, 2.75) is 55.4 Å². The van der Waals surface area contributed by atoms with Gasteiger partial charge in [-0.15, -0.1) is 11.8 Å². The van der Waals surface area contributed by atoms with E-state index < -0.39 is 5.60 Å². The monoisotopic (exact) mass is 807 g/mol. The lowest BCUT2D eigenvalue weighted by Gasteiger charge is -2.40. The van der Waals surface area contributed by atoms with Crippen LogP contribution in [0.5, 0.6) is 5.75 Å². The molecule has 5 aliphatic rings. The molecular weight excluding hydrogens is 751 g/mol. The topological polar surface area (TPSA) is 46.6 Å². The van der Waals surface area contributed by atoms with Crippen LogP contribution < -0.4 is 19.4 Å². The van der Waals surface area contributed by atoms with Gasteiger partial charge in [-0.25, -0.2) is 0 Å². The van der Waals surface area contributed by atoms with E-state index in [4.69, 9.17) is 18.9 Å². The van der Waals surface area contributed by atoms with Crippen molar-refractivity contribution in [3.63, 3.8) is 0 Å². The van der Waals surface area contributed by atoms with E-state index in [1.54, 1.807) is 0 Å². The second-order valence-corrected chi connectivity index (χ2v) is 17.6. The van der Waals surface area contributed by atoms with Gasteiger partial charge in [-0.2, -0.15) is 0 Å². The average Bonchev–Trinajstić information content (AvgIpc) is 3.59. The van der Waals surface area contributed by atoms with Gasteiger partial charge >= 0.3 is 0 Å². The first-order valence-corrected chi connectivity index (χ1v) is 23.2. The molecular formula is C51H57N3O4S. The van der Waals surface area contributed by atoms with Gasteiger partial charge in [-0.3, -0.25) is 0 Å². The maximum Gasteiger partial charge on any atom is 0.178 e. The van der Waals surface area contributed by atoms with Crippen LogP contribution in [0.15, 0.2) is 95.9 Å². The van der Waals surface area contributed by atoms with Crippen molar-refractivity contribution in [2.75, 3.05) is 99.9 Å². The van der Waals surface area contributed by atoms with Crippen LogP contribution in [-0.2, 0) is 25.2 Å². The Morgan fingerprint density at radius 1 is 0.627 bits per heavy atom. The van der Waals surface area contributed by atoms with Crippen molar-refractivity contribution in [3.8, 4) is 16.9 Å². The molecule has 59 heavy (non-hydrogen) atoms. The molecule has 0 atom stereocenters. The lowest BCUT2D eigenvalue weighted by Crippen LogP contribution is -2.37. The molecule has 4 heterocycles. The molecule has 0 bridgehead atoms. The van der Waals surface area contributed by atoms with Crippen LogP contribution in [0.25, 0.3) is 28.0 Å². The number of anilines is 3. The van der Waals surface area contributed by atoms with Crippen LogP contribution in [0.3, 0.4) is 0 Å². The Bertz CT molecular complexity index is 2270. The van der Waals surface area contributed by atoms with Crippen molar-refractivity contribution >= 4 is 45.7 Å². The summed E-state index contributed by atoms with van der Waals surface area (Å²) in [6, 6.07) is 32.5. The number of fused-ring (bicyclic) bond motifs is 8. The van der Waals surface area contributed by atoms with E-state index in [0.29, 0.717) is 0 Å². The maximum absolute atomic E-state index is 7.94. The minimum absolute atomic E-state index is 0.113. The summed E-state index contributed by atoms with van der Waals surface area (Å²) >= 11 is 1.83. The van der Waals surface area contributed by atoms with Crippen molar-refractivity contribution in [1.29, 1.82) is 0 Å². The normalized spacial score (nSPS) is 19.3. The molecule has 0 radical (unpaired) electrons. The molecule has 0 aromatic heterocycles. The number of rotatable bonds is 10. The van der Waals surface area contributed by atoms with Gasteiger partial charge in [-0.05, 0) is 89.2 Å². The fourth-order valence-electron chi connectivity index (χ4n) is 10.9. The van der Waals surface area contributed by atoms with Crippen LogP contribution >= 0.6 is 11.8 Å². The summed E-state index contributed by atoms with van der Waals surface area (Å²) in [6.07, 6.45) is 11.4. The molecule has 1 aliphatic carbocycles. The summed E-state index contributed by atoms with van der Waals surface area (Å²) < 4.78 is 25.2. The van der Waals surface area contributed by atoms with E-state index in [1.807, 2.05) is 11.8 Å². The average molecular weight is 808 g/mol. The van der Waals surface area contributed by atoms with Gasteiger partial charge in [-0.1, -0.05) is 81.3 Å². The second kappa shape index (κ2) is 16.2. The van der Waals surface area contributed by atoms with Crippen LogP contribution in [0.4, 0.5) is 17.1 Å². The van der Waals surface area contributed by atoms with Gasteiger partial charge in [0.25, 0.3) is 0 Å². The van der Waals surface area contributed by atoms with Gasteiger partial charge in [0.2, 0.25) is 0 Å². The largest absolute Gasteiger partial charge is 0.472 e. The molecule has 0 N–H and O–H groups in total. The SMILES string of the molecule is CCCC1(CCC)c2ccccc2-c2c1c1c(c3cc(SC)c(N4CCOCC4)cc23)OC(c2ccc(N3CCOCC3)cc2)(c2ccc(N3CCOCC3)cc2)C=C1. The van der Waals surface area contributed by atoms with Crippen LogP contribution in [-0.4, -0.2) is 85.2 Å². The predicted molar refractivity (Wildman–Crippen MR) is 244 cm³/mol. The number of hydrogen-bond acceptors (Lipinski definition) is 8. The molecule has 7 nitrogen and oxygen atoms in total. The van der Waals surface area contributed by atoms with E-state index in [0.717, 1.165) is 121 Å². The van der Waals surface area contributed by atoms with Crippen LogP contribution in [0.2, 0.25) is 0 Å². The standard InChI is InChI=1S/C51H57N3O4S/c1-4-19-50(20-5-2)44-9-7-6-8-40(44)47-42-34-45(54-26-32-57-33-27-54)46(59-3)35-43(42)49-41(48(47)50)18-21-51(58-49,36-10-14-38(15-11-36)52-22-28-55-29-23-52)37-12-16-39(17-13-37)53-24-30-56-31-25-53/h6-18,21,34-35H,4-5,19-20,22-33H2,1-3H3. The van der Waals surface area contributed by atoms with E-state index >= 15 is 0 Å². The molecule has 3 fully saturated rings. The Labute approximate surface area is 354 Å². The number of morpholine rings is 3. The molecule has 306 valence electrons. The highest BCUT2D eigenvalue weighted by Gasteiger charge is 2.48. The Hall–Kier alpha value is -4.47. The Morgan fingerprint density at radius 2 is 1.17 bits per heavy atom. The Kier molecular flexibility index (Phi) is 10.6. The highest BCUT2D eigenvalue weighted by Crippen LogP contribution is 2.61. The van der Waals surface area contributed by atoms with E-state index in [2.05, 4.69) is 132 Å². The summed E-state index contributed by atoms with van der Waals surface area (Å²) in [7, 11) is 0. The molecule has 0 saturated carbocycles. The number of ether oxygens (including phenoxy) is 4. The van der Waals surface area contributed by atoms with Gasteiger partial charge in [0.05, 0.1) is 45.3 Å². The second-order valence-electron chi connectivity index (χ2n) is 16.8. The molecule has 0 unspecified atom stereocenters. The van der Waals surface area contributed by atoms with Crippen LogP contribution in [0.1, 0.15) is 67.3 Å². The quantitative estimate of drug-likeness (QED) is 0.129. The molecule has 0 amide bonds. The maximum atomic E-state index is 7.94. The van der Waals surface area contributed by atoms with Gasteiger partial charge in [0.1, 0.15) is 5.75 Å². The summed E-state index contributed by atoms with van der Waals surface area (Å²) in [5, 5.41) is 2.47. The third kappa shape index (κ3) is 6.53. The zero-order chi connectivity index (χ0) is 40.0. The highest BCUT2D eigenvalue weighted by atomic mass is 32.2. The fourth-order valence-corrected chi connectivity index (χ4v) is 11.5. The number of hydrogen-bond donors (Lipinski definition) is 0. The van der Waals surface area contributed by atoms with Crippen molar-refractivity contribution < 1.29 is 18.9 Å². The molecule has 3 saturated heterocycles. The third-order valence-electron chi connectivity index (χ3n) is 13.6. The smallest absolute Gasteiger partial charge is 0.178 e. The molecule has 5 aromatic carbocycles. The Balaban J connectivity index is 1.22. The lowest BCUT2D eigenvalue weighted by atomic mass is 9.69. The number of thioether (sulfide) groups is 1. The number of benzene rings is 5. The molecule has 4 aliphatic heterocycles. The van der Waals surface area contributed by atoms with Crippen molar-refractivity contribution in [2.24, 2.45) is 0 Å². The molecule has 5 aromatic rings. The fraction of sp³-hybridized carbons (Fsp3) is 0.412. The molecule has 0 spiro atoms. The van der Waals surface area contributed by atoms with Crippen LogP contribution in [0, 0.1) is 0 Å². The summed E-state index contributed by atoms with van der Waals surface area (Å²) in [5.74, 6) is 0.990. The van der Waals surface area contributed by atoms with E-state index in [-0.39, 0.29) is 5.41 Å². The lowest BCUT2D eigenvalue weighted by molar-refractivity contribution is 0.122. The summed E-state index contributed by atoms with van der Waals surface area (Å²) in [5.41, 5.74) is 11.9. The summed E-state index contributed by atoms with van der Waals surface area (Å²) in [6.45, 7) is 14.6. The van der Waals surface area contributed by atoms with Crippen molar-refractivity contribution in [3.05, 3.63) is 119 Å². The van der Waals surface area contributed by atoms with E-state index in [9.17, 15) is 0 Å². The van der Waals surface area contributed by atoms with Crippen molar-refractivity contribution in [1.82, 2.24) is 0 Å². The Morgan fingerprint density at radius 3 is 1.71 bits per heavy atom. The molecule has 8 heteroatoms. The van der Waals surface area contributed by atoms with Gasteiger partial charge in [0.15, 0.2) is 5.60 Å². The molecule has 10 rings (SSSR count). The third-order valence-corrected chi connectivity index (χ3v) is 14.4. The first-order valence-electron chi connectivity index (χ1n) is 22.0. The summed E-state index contributed by atoms with van der Waals surface area (Å²) in [4.78, 5) is 8.66. The zero-order valence-electron chi connectivity index (χ0n) is 34.9. The minimum Gasteiger partial charge on any atom is -0.472 e. The first kappa shape index (κ1) is 38.7. The van der Waals surface area contributed by atoms with Gasteiger partial charge in [0, 0.05) is 83.0 Å². The van der Waals surface area contributed by atoms with Gasteiger partial charge < -0.3 is 33.6 Å². The zero-order valence-corrected chi connectivity index (χ0v) is 35.8. The van der Waals surface area contributed by atoms with E-state index in [1.165, 1.54) is 60.5 Å². The minimum atomic E-state index is -0.854.